The third kappa shape index (κ3) is 3.30. The molecule has 0 saturated heterocycles. The molecule has 0 aliphatic carbocycles. The molecular formula is C11H16BrNO2S. The van der Waals surface area contributed by atoms with Crippen molar-refractivity contribution in [2.24, 2.45) is 0 Å². The second-order valence-corrected chi connectivity index (χ2v) is 7.08. The highest BCUT2D eigenvalue weighted by Crippen LogP contribution is 2.23. The molecule has 0 amide bonds. The van der Waals surface area contributed by atoms with E-state index in [9.17, 15) is 8.42 Å². The largest absolute Gasteiger partial charge is 0.214 e. The van der Waals surface area contributed by atoms with Crippen molar-refractivity contribution in [2.75, 3.05) is 0 Å². The molecule has 1 unspecified atom stereocenters. The molecule has 1 rings (SSSR count). The zero-order chi connectivity index (χ0) is 12.3. The zero-order valence-corrected chi connectivity index (χ0v) is 12.0. The van der Waals surface area contributed by atoms with Gasteiger partial charge in [0.2, 0.25) is 10.0 Å². The summed E-state index contributed by atoms with van der Waals surface area (Å²) in [5.74, 6) is 0. The fraction of sp³-hybridized carbons (Fsp3) is 0.455. The van der Waals surface area contributed by atoms with E-state index in [1.54, 1.807) is 13.8 Å². The van der Waals surface area contributed by atoms with E-state index >= 15 is 0 Å². The molecule has 1 aromatic carbocycles. The van der Waals surface area contributed by atoms with Gasteiger partial charge in [-0.15, -0.1) is 0 Å². The van der Waals surface area contributed by atoms with E-state index < -0.39 is 15.3 Å². The quantitative estimate of drug-likeness (QED) is 0.930. The summed E-state index contributed by atoms with van der Waals surface area (Å²) in [5, 5.41) is -0.419. The van der Waals surface area contributed by atoms with E-state index in [1.807, 2.05) is 31.2 Å². The van der Waals surface area contributed by atoms with E-state index in [-0.39, 0.29) is 6.04 Å². The number of rotatable bonds is 4. The van der Waals surface area contributed by atoms with Gasteiger partial charge in [-0.3, -0.25) is 0 Å². The van der Waals surface area contributed by atoms with Crippen LogP contribution >= 0.6 is 15.9 Å². The molecule has 0 aromatic heterocycles. The van der Waals surface area contributed by atoms with Crippen LogP contribution in [0, 0.1) is 0 Å². The van der Waals surface area contributed by atoms with Gasteiger partial charge in [0, 0.05) is 10.5 Å². The predicted octanol–water partition coefficient (Wildman–Crippen LogP) is 2.84. The van der Waals surface area contributed by atoms with Gasteiger partial charge in [-0.05, 0) is 32.4 Å². The van der Waals surface area contributed by atoms with Crippen molar-refractivity contribution in [1.82, 2.24) is 4.72 Å². The first kappa shape index (κ1) is 13.7. The minimum Gasteiger partial charge on any atom is -0.212 e. The summed E-state index contributed by atoms with van der Waals surface area (Å²) in [4.78, 5) is 0. The number of hydrogen-bond donors (Lipinski definition) is 1. The maximum absolute atomic E-state index is 11.7. The standard InChI is InChI=1S/C11H16BrNO2S/c1-8(2)16(14,15)13-9(3)10-6-4-5-7-11(10)12/h4-9,13H,1-3H3. The fourth-order valence-electron chi connectivity index (χ4n) is 1.27. The van der Waals surface area contributed by atoms with Crippen molar-refractivity contribution in [3.63, 3.8) is 0 Å². The van der Waals surface area contributed by atoms with Crippen molar-refractivity contribution < 1.29 is 8.42 Å². The van der Waals surface area contributed by atoms with E-state index in [1.165, 1.54) is 0 Å². The van der Waals surface area contributed by atoms with Crippen LogP contribution in [0.5, 0.6) is 0 Å². The van der Waals surface area contributed by atoms with Gasteiger partial charge in [0.15, 0.2) is 0 Å². The second kappa shape index (κ2) is 5.29. The van der Waals surface area contributed by atoms with Gasteiger partial charge >= 0.3 is 0 Å². The van der Waals surface area contributed by atoms with E-state index in [2.05, 4.69) is 20.7 Å². The van der Waals surface area contributed by atoms with E-state index in [4.69, 9.17) is 0 Å². The normalized spacial score (nSPS) is 14.1. The fourth-order valence-corrected chi connectivity index (χ4v) is 2.79. The molecule has 0 saturated carbocycles. The van der Waals surface area contributed by atoms with Crippen LogP contribution in [0.2, 0.25) is 0 Å². The van der Waals surface area contributed by atoms with Gasteiger partial charge in [-0.25, -0.2) is 13.1 Å². The van der Waals surface area contributed by atoms with Crippen molar-refractivity contribution in [1.29, 1.82) is 0 Å². The first-order valence-corrected chi connectivity index (χ1v) is 7.44. The number of nitrogens with one attached hydrogen (secondary N) is 1. The van der Waals surface area contributed by atoms with Crippen molar-refractivity contribution >= 4 is 26.0 Å². The summed E-state index contributed by atoms with van der Waals surface area (Å²) in [5.41, 5.74) is 0.937. The molecular weight excluding hydrogens is 290 g/mol. The molecule has 5 heteroatoms. The Balaban J connectivity index is 2.89. The lowest BCUT2D eigenvalue weighted by Gasteiger charge is -2.17. The minimum absolute atomic E-state index is 0.233. The van der Waals surface area contributed by atoms with Crippen LogP contribution in [0.1, 0.15) is 32.4 Å². The van der Waals surface area contributed by atoms with Gasteiger partial charge in [-0.1, -0.05) is 34.1 Å². The molecule has 3 nitrogen and oxygen atoms in total. The van der Waals surface area contributed by atoms with Crippen LogP contribution in [0.15, 0.2) is 28.7 Å². The molecule has 1 N–H and O–H groups in total. The number of sulfonamides is 1. The monoisotopic (exact) mass is 305 g/mol. The lowest BCUT2D eigenvalue weighted by molar-refractivity contribution is 0.557. The van der Waals surface area contributed by atoms with Crippen LogP contribution in [0.25, 0.3) is 0 Å². The van der Waals surface area contributed by atoms with Crippen LogP contribution in [0.3, 0.4) is 0 Å². The van der Waals surface area contributed by atoms with Crippen LogP contribution in [-0.4, -0.2) is 13.7 Å². The molecule has 90 valence electrons. The van der Waals surface area contributed by atoms with Gasteiger partial charge in [-0.2, -0.15) is 0 Å². The molecule has 0 aliphatic heterocycles. The highest BCUT2D eigenvalue weighted by molar-refractivity contribution is 9.10. The van der Waals surface area contributed by atoms with Gasteiger partial charge in [0.05, 0.1) is 5.25 Å². The number of benzene rings is 1. The third-order valence-corrected chi connectivity index (χ3v) is 4.98. The Morgan fingerprint density at radius 1 is 1.19 bits per heavy atom. The highest BCUT2D eigenvalue weighted by atomic mass is 79.9. The summed E-state index contributed by atoms with van der Waals surface area (Å²) in [6, 6.07) is 7.35. The first-order valence-electron chi connectivity index (χ1n) is 5.10. The van der Waals surface area contributed by atoms with Crippen LogP contribution in [-0.2, 0) is 10.0 Å². The molecule has 0 spiro atoms. The maximum Gasteiger partial charge on any atom is 0.214 e. The summed E-state index contributed by atoms with van der Waals surface area (Å²) in [6.07, 6.45) is 0. The summed E-state index contributed by atoms with van der Waals surface area (Å²) in [6.45, 7) is 5.16. The topological polar surface area (TPSA) is 46.2 Å². The average Bonchev–Trinajstić information content (AvgIpc) is 2.17. The Morgan fingerprint density at radius 2 is 1.75 bits per heavy atom. The van der Waals surface area contributed by atoms with Crippen molar-refractivity contribution in [3.05, 3.63) is 34.3 Å². The van der Waals surface area contributed by atoms with Gasteiger partial charge < -0.3 is 0 Å². The summed E-state index contributed by atoms with van der Waals surface area (Å²) < 4.78 is 27.0. The van der Waals surface area contributed by atoms with E-state index in [0.29, 0.717) is 0 Å². The molecule has 1 atom stereocenters. The Labute approximate surface area is 105 Å². The van der Waals surface area contributed by atoms with Crippen molar-refractivity contribution in [2.45, 2.75) is 32.1 Å². The molecule has 0 heterocycles. The lowest BCUT2D eigenvalue weighted by Crippen LogP contribution is -2.33. The van der Waals surface area contributed by atoms with Gasteiger partial charge in [0.1, 0.15) is 0 Å². The second-order valence-electron chi connectivity index (χ2n) is 3.95. The minimum atomic E-state index is -3.23. The molecule has 0 aliphatic rings. The molecule has 0 fully saturated rings. The Morgan fingerprint density at radius 3 is 2.25 bits per heavy atom. The Bertz CT molecular complexity index is 457. The molecule has 0 radical (unpaired) electrons. The Kier molecular flexibility index (Phi) is 4.52. The van der Waals surface area contributed by atoms with Crippen LogP contribution in [0.4, 0.5) is 0 Å². The molecule has 1 aromatic rings. The molecule has 0 bridgehead atoms. The predicted molar refractivity (Wildman–Crippen MR) is 69.7 cm³/mol. The first-order chi connectivity index (χ1) is 7.34. The SMILES string of the molecule is CC(NS(=O)(=O)C(C)C)c1ccccc1Br. The zero-order valence-electron chi connectivity index (χ0n) is 9.57. The third-order valence-electron chi connectivity index (χ3n) is 2.33. The van der Waals surface area contributed by atoms with E-state index in [0.717, 1.165) is 10.0 Å². The average molecular weight is 306 g/mol. The van der Waals surface area contributed by atoms with Gasteiger partial charge in [0.25, 0.3) is 0 Å². The molecule has 16 heavy (non-hydrogen) atoms. The summed E-state index contributed by atoms with van der Waals surface area (Å²) in [7, 11) is -3.23. The maximum atomic E-state index is 11.7. The Hall–Kier alpha value is -0.390. The number of halogens is 1. The lowest BCUT2D eigenvalue weighted by atomic mass is 10.1. The highest BCUT2D eigenvalue weighted by Gasteiger charge is 2.20. The summed E-state index contributed by atoms with van der Waals surface area (Å²) >= 11 is 3.41. The number of hydrogen-bond acceptors (Lipinski definition) is 2. The van der Waals surface area contributed by atoms with Crippen LogP contribution < -0.4 is 4.72 Å². The smallest absolute Gasteiger partial charge is 0.212 e. The van der Waals surface area contributed by atoms with Crippen molar-refractivity contribution in [3.8, 4) is 0 Å².